The minimum absolute atomic E-state index is 0.824. The number of hydrogen-bond acceptors (Lipinski definition) is 3. The van der Waals surface area contributed by atoms with Crippen LogP contribution in [0.4, 0.5) is 5.82 Å². The summed E-state index contributed by atoms with van der Waals surface area (Å²) in [4.78, 5) is 0. The standard InChI is InChI=1S/C14H18N4/c1-18-7-5-14(17-18)16-9-11-2-3-12-4-6-15-10-13(12)8-11/h2-3,5,7-8,15H,4,6,9-10H2,1H3,(H,16,17). The van der Waals surface area contributed by atoms with Crippen LogP contribution < -0.4 is 10.6 Å². The minimum atomic E-state index is 0.824. The van der Waals surface area contributed by atoms with Crippen molar-refractivity contribution in [2.24, 2.45) is 7.05 Å². The first-order valence-electron chi connectivity index (χ1n) is 6.36. The average molecular weight is 242 g/mol. The molecule has 2 heterocycles. The summed E-state index contributed by atoms with van der Waals surface area (Å²) >= 11 is 0. The Hall–Kier alpha value is -1.81. The van der Waals surface area contributed by atoms with Crippen LogP contribution in [0.5, 0.6) is 0 Å². The van der Waals surface area contributed by atoms with E-state index in [9.17, 15) is 0 Å². The molecule has 2 N–H and O–H groups in total. The molecule has 0 saturated carbocycles. The van der Waals surface area contributed by atoms with E-state index in [0.29, 0.717) is 0 Å². The van der Waals surface area contributed by atoms with Gasteiger partial charge in [0.05, 0.1) is 0 Å². The predicted molar refractivity (Wildman–Crippen MR) is 72.4 cm³/mol. The number of hydrogen-bond donors (Lipinski definition) is 2. The Kier molecular flexibility index (Phi) is 3.02. The normalized spacial score (nSPS) is 14.3. The molecule has 4 heteroatoms. The number of anilines is 1. The van der Waals surface area contributed by atoms with Gasteiger partial charge >= 0.3 is 0 Å². The van der Waals surface area contributed by atoms with Crippen LogP contribution in [0.3, 0.4) is 0 Å². The predicted octanol–water partition coefficient (Wildman–Crippen LogP) is 1.68. The third kappa shape index (κ3) is 2.38. The molecule has 4 nitrogen and oxygen atoms in total. The van der Waals surface area contributed by atoms with E-state index < -0.39 is 0 Å². The Balaban J connectivity index is 1.69. The van der Waals surface area contributed by atoms with Gasteiger partial charge in [-0.05, 0) is 29.7 Å². The van der Waals surface area contributed by atoms with Gasteiger partial charge in [-0.15, -0.1) is 0 Å². The summed E-state index contributed by atoms with van der Waals surface area (Å²) in [7, 11) is 1.93. The fourth-order valence-electron chi connectivity index (χ4n) is 2.35. The third-order valence-electron chi connectivity index (χ3n) is 3.34. The second-order valence-corrected chi connectivity index (χ2v) is 4.76. The molecule has 1 aromatic carbocycles. The van der Waals surface area contributed by atoms with Gasteiger partial charge < -0.3 is 10.6 Å². The van der Waals surface area contributed by atoms with Gasteiger partial charge in [0.2, 0.25) is 0 Å². The maximum atomic E-state index is 4.31. The van der Waals surface area contributed by atoms with Crippen LogP contribution in [-0.2, 0) is 26.6 Å². The lowest BCUT2D eigenvalue weighted by atomic mass is 9.98. The number of rotatable bonds is 3. The molecular weight excluding hydrogens is 224 g/mol. The van der Waals surface area contributed by atoms with Gasteiger partial charge in [-0.2, -0.15) is 5.10 Å². The van der Waals surface area contributed by atoms with E-state index in [1.54, 1.807) is 4.68 Å². The molecule has 0 saturated heterocycles. The molecule has 0 atom stereocenters. The van der Waals surface area contributed by atoms with E-state index in [1.165, 1.54) is 16.7 Å². The van der Waals surface area contributed by atoms with Crippen molar-refractivity contribution in [1.29, 1.82) is 0 Å². The molecule has 0 unspecified atom stereocenters. The molecule has 2 aromatic rings. The Labute approximate surface area is 107 Å². The van der Waals surface area contributed by atoms with Gasteiger partial charge in [0.1, 0.15) is 5.82 Å². The molecule has 0 fully saturated rings. The van der Waals surface area contributed by atoms with Crippen molar-refractivity contribution >= 4 is 5.82 Å². The zero-order valence-corrected chi connectivity index (χ0v) is 10.6. The second kappa shape index (κ2) is 4.82. The van der Waals surface area contributed by atoms with Crippen LogP contribution in [0.2, 0.25) is 0 Å². The largest absolute Gasteiger partial charge is 0.365 e. The first-order chi connectivity index (χ1) is 8.81. The van der Waals surface area contributed by atoms with Crippen LogP contribution in [-0.4, -0.2) is 16.3 Å². The third-order valence-corrected chi connectivity index (χ3v) is 3.34. The Bertz CT molecular complexity index is 544. The van der Waals surface area contributed by atoms with Crippen molar-refractivity contribution in [2.45, 2.75) is 19.5 Å². The summed E-state index contributed by atoms with van der Waals surface area (Å²) in [5, 5.41) is 11.1. The topological polar surface area (TPSA) is 41.9 Å². The number of fused-ring (bicyclic) bond motifs is 1. The molecule has 1 aliphatic heterocycles. The van der Waals surface area contributed by atoms with Gasteiger partial charge in [0.15, 0.2) is 0 Å². The summed E-state index contributed by atoms with van der Waals surface area (Å²) in [5.74, 6) is 0.924. The molecule has 94 valence electrons. The molecule has 18 heavy (non-hydrogen) atoms. The lowest BCUT2D eigenvalue weighted by molar-refractivity contribution is 0.643. The molecule has 0 radical (unpaired) electrons. The van der Waals surface area contributed by atoms with Crippen LogP contribution in [0.15, 0.2) is 30.5 Å². The van der Waals surface area contributed by atoms with E-state index in [2.05, 4.69) is 33.9 Å². The van der Waals surface area contributed by atoms with Gasteiger partial charge in [-0.3, -0.25) is 4.68 Å². The maximum Gasteiger partial charge on any atom is 0.148 e. The lowest BCUT2D eigenvalue weighted by Gasteiger charge is -2.18. The Morgan fingerprint density at radius 1 is 1.33 bits per heavy atom. The number of aromatic nitrogens is 2. The van der Waals surface area contributed by atoms with E-state index in [0.717, 1.165) is 31.9 Å². The number of benzene rings is 1. The number of nitrogens with one attached hydrogen (secondary N) is 2. The van der Waals surface area contributed by atoms with E-state index >= 15 is 0 Å². The number of nitrogens with zero attached hydrogens (tertiary/aromatic N) is 2. The summed E-state index contributed by atoms with van der Waals surface area (Å²) < 4.78 is 1.80. The van der Waals surface area contributed by atoms with E-state index in [1.807, 2.05) is 19.3 Å². The zero-order chi connectivity index (χ0) is 12.4. The molecule has 0 spiro atoms. The smallest absolute Gasteiger partial charge is 0.148 e. The van der Waals surface area contributed by atoms with Gasteiger partial charge in [0, 0.05) is 32.4 Å². The van der Waals surface area contributed by atoms with Crippen LogP contribution in [0.25, 0.3) is 0 Å². The van der Waals surface area contributed by atoms with Gasteiger partial charge in [0.25, 0.3) is 0 Å². The quantitative estimate of drug-likeness (QED) is 0.860. The highest BCUT2D eigenvalue weighted by molar-refractivity contribution is 5.37. The van der Waals surface area contributed by atoms with Crippen LogP contribution in [0, 0.1) is 0 Å². The van der Waals surface area contributed by atoms with E-state index in [4.69, 9.17) is 0 Å². The first kappa shape index (κ1) is 11.3. The monoisotopic (exact) mass is 242 g/mol. The Morgan fingerprint density at radius 2 is 2.28 bits per heavy atom. The highest BCUT2D eigenvalue weighted by Crippen LogP contribution is 2.16. The van der Waals surface area contributed by atoms with Gasteiger partial charge in [-0.1, -0.05) is 18.2 Å². The lowest BCUT2D eigenvalue weighted by Crippen LogP contribution is -2.23. The molecule has 1 aliphatic rings. The highest BCUT2D eigenvalue weighted by atomic mass is 15.3. The SMILES string of the molecule is Cn1ccc(NCc2ccc3c(c2)CNCC3)n1. The van der Waals surface area contributed by atoms with Crippen molar-refractivity contribution in [3.05, 3.63) is 47.2 Å². The summed E-state index contributed by atoms with van der Waals surface area (Å²) in [5.41, 5.74) is 4.22. The average Bonchev–Trinajstić information content (AvgIpc) is 2.82. The Morgan fingerprint density at radius 3 is 3.11 bits per heavy atom. The summed E-state index contributed by atoms with van der Waals surface area (Å²) in [6.07, 6.45) is 3.09. The van der Waals surface area contributed by atoms with Crippen molar-refractivity contribution in [2.75, 3.05) is 11.9 Å². The molecule has 1 aromatic heterocycles. The first-order valence-corrected chi connectivity index (χ1v) is 6.36. The van der Waals surface area contributed by atoms with Crippen molar-refractivity contribution < 1.29 is 0 Å². The zero-order valence-electron chi connectivity index (χ0n) is 10.6. The van der Waals surface area contributed by atoms with Crippen LogP contribution in [0.1, 0.15) is 16.7 Å². The number of aryl methyl sites for hydroxylation is 1. The van der Waals surface area contributed by atoms with E-state index in [-0.39, 0.29) is 0 Å². The summed E-state index contributed by atoms with van der Waals surface area (Å²) in [6.45, 7) is 2.91. The van der Waals surface area contributed by atoms with Crippen LogP contribution >= 0.6 is 0 Å². The second-order valence-electron chi connectivity index (χ2n) is 4.76. The van der Waals surface area contributed by atoms with Crippen molar-refractivity contribution in [1.82, 2.24) is 15.1 Å². The van der Waals surface area contributed by atoms with Crippen molar-refractivity contribution in [3.8, 4) is 0 Å². The fourth-order valence-corrected chi connectivity index (χ4v) is 2.35. The minimum Gasteiger partial charge on any atom is -0.365 e. The molecule has 0 amide bonds. The van der Waals surface area contributed by atoms with Gasteiger partial charge in [-0.25, -0.2) is 0 Å². The maximum absolute atomic E-state index is 4.31. The fraction of sp³-hybridized carbons (Fsp3) is 0.357. The molecular formula is C14H18N4. The van der Waals surface area contributed by atoms with Crippen molar-refractivity contribution in [3.63, 3.8) is 0 Å². The highest BCUT2D eigenvalue weighted by Gasteiger charge is 2.08. The summed E-state index contributed by atoms with van der Waals surface area (Å²) in [6, 6.07) is 8.74. The molecule has 3 rings (SSSR count). The molecule has 0 aliphatic carbocycles. The molecule has 0 bridgehead atoms.